The van der Waals surface area contributed by atoms with E-state index in [2.05, 4.69) is 24.0 Å². The minimum absolute atomic E-state index is 0.146. The fourth-order valence-corrected chi connectivity index (χ4v) is 1.28. The van der Waals surface area contributed by atoms with Crippen LogP contribution in [0.1, 0.15) is 25.6 Å². The molecule has 0 saturated carbocycles. The third-order valence-corrected chi connectivity index (χ3v) is 1.99. The Kier molecular flexibility index (Phi) is 4.71. The van der Waals surface area contributed by atoms with Crippen LogP contribution in [-0.2, 0) is 13.0 Å². The van der Waals surface area contributed by atoms with Crippen LogP contribution in [-0.4, -0.2) is 40.3 Å². The minimum Gasteiger partial charge on any atom is -0.395 e. The van der Waals surface area contributed by atoms with Crippen molar-refractivity contribution in [3.8, 4) is 0 Å². The van der Waals surface area contributed by atoms with Crippen LogP contribution in [0.15, 0.2) is 4.52 Å². The van der Waals surface area contributed by atoms with Crippen LogP contribution in [0.3, 0.4) is 0 Å². The predicted octanol–water partition coefficient (Wildman–Crippen LogP) is 0.692. The molecule has 1 aromatic heterocycles. The molecule has 1 N–H and O–H groups in total. The standard InChI is InChI=1S/C10H19N3O2/c1-8(2)6-10-11-9(12-15-10)7-13(3)4-5-14/h8,14H,4-7H2,1-3H3. The summed E-state index contributed by atoms with van der Waals surface area (Å²) in [6.07, 6.45) is 0.816. The molecule has 0 atom stereocenters. The Morgan fingerprint density at radius 3 is 2.80 bits per heavy atom. The van der Waals surface area contributed by atoms with E-state index in [-0.39, 0.29) is 6.61 Å². The number of likely N-dealkylation sites (N-methyl/N-ethyl adjacent to an activating group) is 1. The average Bonchev–Trinajstić information content (AvgIpc) is 2.51. The second-order valence-corrected chi connectivity index (χ2v) is 4.16. The zero-order chi connectivity index (χ0) is 11.3. The zero-order valence-corrected chi connectivity index (χ0v) is 9.60. The van der Waals surface area contributed by atoms with E-state index in [0.717, 1.165) is 6.42 Å². The zero-order valence-electron chi connectivity index (χ0n) is 9.60. The van der Waals surface area contributed by atoms with Gasteiger partial charge in [0.2, 0.25) is 5.89 Å². The molecular weight excluding hydrogens is 194 g/mol. The van der Waals surface area contributed by atoms with Gasteiger partial charge in [0.25, 0.3) is 0 Å². The van der Waals surface area contributed by atoms with Gasteiger partial charge in [-0.3, -0.25) is 4.90 Å². The van der Waals surface area contributed by atoms with Crippen molar-refractivity contribution in [2.75, 3.05) is 20.2 Å². The highest BCUT2D eigenvalue weighted by Gasteiger charge is 2.09. The fourth-order valence-electron chi connectivity index (χ4n) is 1.28. The normalized spacial score (nSPS) is 11.6. The summed E-state index contributed by atoms with van der Waals surface area (Å²) in [6, 6.07) is 0. The highest BCUT2D eigenvalue weighted by atomic mass is 16.5. The molecule has 0 aromatic carbocycles. The van der Waals surface area contributed by atoms with E-state index in [1.807, 2.05) is 11.9 Å². The number of aromatic nitrogens is 2. The molecule has 1 rings (SSSR count). The molecule has 86 valence electrons. The van der Waals surface area contributed by atoms with Crippen molar-refractivity contribution in [3.05, 3.63) is 11.7 Å². The second kappa shape index (κ2) is 5.82. The lowest BCUT2D eigenvalue weighted by molar-refractivity contribution is 0.213. The predicted molar refractivity (Wildman–Crippen MR) is 56.3 cm³/mol. The summed E-state index contributed by atoms with van der Waals surface area (Å²) in [5, 5.41) is 12.6. The number of aliphatic hydroxyl groups is 1. The molecule has 1 heterocycles. The highest BCUT2D eigenvalue weighted by molar-refractivity contribution is 4.86. The van der Waals surface area contributed by atoms with Gasteiger partial charge in [0, 0.05) is 13.0 Å². The number of nitrogens with zero attached hydrogens (tertiary/aromatic N) is 3. The van der Waals surface area contributed by atoms with Crippen LogP contribution in [0.5, 0.6) is 0 Å². The molecule has 0 saturated heterocycles. The Balaban J connectivity index is 2.45. The van der Waals surface area contributed by atoms with Gasteiger partial charge in [-0.05, 0) is 13.0 Å². The summed E-state index contributed by atoms with van der Waals surface area (Å²) >= 11 is 0. The van der Waals surface area contributed by atoms with Crippen LogP contribution >= 0.6 is 0 Å². The summed E-state index contributed by atoms with van der Waals surface area (Å²) in [5.41, 5.74) is 0. The van der Waals surface area contributed by atoms with Crippen LogP contribution in [0.2, 0.25) is 0 Å². The van der Waals surface area contributed by atoms with Gasteiger partial charge in [-0.2, -0.15) is 4.98 Å². The lowest BCUT2D eigenvalue weighted by Crippen LogP contribution is -2.22. The Bertz CT molecular complexity index is 286. The third kappa shape index (κ3) is 4.40. The Labute approximate surface area is 90.1 Å². The summed E-state index contributed by atoms with van der Waals surface area (Å²) < 4.78 is 5.10. The van der Waals surface area contributed by atoms with Crippen molar-refractivity contribution < 1.29 is 9.63 Å². The van der Waals surface area contributed by atoms with Gasteiger partial charge < -0.3 is 9.63 Å². The molecule has 0 aliphatic heterocycles. The van der Waals surface area contributed by atoms with Gasteiger partial charge in [-0.1, -0.05) is 19.0 Å². The molecule has 0 aliphatic carbocycles. The number of rotatable bonds is 6. The van der Waals surface area contributed by atoms with Gasteiger partial charge in [0.1, 0.15) is 0 Å². The molecule has 0 unspecified atom stereocenters. The minimum atomic E-state index is 0.146. The maximum Gasteiger partial charge on any atom is 0.226 e. The molecule has 0 radical (unpaired) electrons. The van der Waals surface area contributed by atoms with Gasteiger partial charge in [-0.25, -0.2) is 0 Å². The van der Waals surface area contributed by atoms with Crippen molar-refractivity contribution in [3.63, 3.8) is 0 Å². The van der Waals surface area contributed by atoms with Gasteiger partial charge >= 0.3 is 0 Å². The van der Waals surface area contributed by atoms with Crippen LogP contribution in [0.25, 0.3) is 0 Å². The lowest BCUT2D eigenvalue weighted by Gasteiger charge is -2.11. The van der Waals surface area contributed by atoms with Crippen molar-refractivity contribution >= 4 is 0 Å². The molecule has 0 spiro atoms. The average molecular weight is 213 g/mol. The number of hydrogen-bond donors (Lipinski definition) is 1. The fraction of sp³-hybridized carbons (Fsp3) is 0.800. The van der Waals surface area contributed by atoms with E-state index >= 15 is 0 Å². The topological polar surface area (TPSA) is 62.4 Å². The van der Waals surface area contributed by atoms with E-state index in [0.29, 0.717) is 30.7 Å². The van der Waals surface area contributed by atoms with E-state index in [4.69, 9.17) is 9.63 Å². The quantitative estimate of drug-likeness (QED) is 0.753. The van der Waals surface area contributed by atoms with E-state index in [1.165, 1.54) is 0 Å². The van der Waals surface area contributed by atoms with Gasteiger partial charge in [-0.15, -0.1) is 0 Å². The molecule has 0 fully saturated rings. The molecule has 0 aliphatic rings. The van der Waals surface area contributed by atoms with E-state index in [1.54, 1.807) is 0 Å². The smallest absolute Gasteiger partial charge is 0.226 e. The SMILES string of the molecule is CC(C)Cc1nc(CN(C)CCO)no1. The van der Waals surface area contributed by atoms with Gasteiger partial charge in [0.15, 0.2) is 5.82 Å². The largest absolute Gasteiger partial charge is 0.395 e. The maximum absolute atomic E-state index is 8.73. The van der Waals surface area contributed by atoms with Crippen molar-refractivity contribution in [1.82, 2.24) is 15.0 Å². The first-order valence-electron chi connectivity index (χ1n) is 5.22. The van der Waals surface area contributed by atoms with E-state index in [9.17, 15) is 0 Å². The van der Waals surface area contributed by atoms with Crippen LogP contribution in [0.4, 0.5) is 0 Å². The highest BCUT2D eigenvalue weighted by Crippen LogP contribution is 2.06. The summed E-state index contributed by atoms with van der Waals surface area (Å²) in [7, 11) is 1.91. The number of aliphatic hydroxyl groups excluding tert-OH is 1. The third-order valence-electron chi connectivity index (χ3n) is 1.99. The lowest BCUT2D eigenvalue weighted by atomic mass is 10.1. The Morgan fingerprint density at radius 2 is 2.20 bits per heavy atom. The molecule has 15 heavy (non-hydrogen) atoms. The summed E-state index contributed by atoms with van der Waals surface area (Å²) in [4.78, 5) is 6.22. The van der Waals surface area contributed by atoms with Crippen LogP contribution in [0, 0.1) is 5.92 Å². The molecule has 0 amide bonds. The maximum atomic E-state index is 8.73. The monoisotopic (exact) mass is 213 g/mol. The first kappa shape index (κ1) is 12.1. The van der Waals surface area contributed by atoms with Crippen molar-refractivity contribution in [2.24, 2.45) is 5.92 Å². The number of hydrogen-bond acceptors (Lipinski definition) is 5. The first-order chi connectivity index (χ1) is 7.11. The Hall–Kier alpha value is -0.940. The van der Waals surface area contributed by atoms with E-state index < -0.39 is 0 Å². The first-order valence-corrected chi connectivity index (χ1v) is 5.22. The molecule has 1 aromatic rings. The van der Waals surface area contributed by atoms with Gasteiger partial charge in [0.05, 0.1) is 13.2 Å². The second-order valence-electron chi connectivity index (χ2n) is 4.16. The van der Waals surface area contributed by atoms with Crippen molar-refractivity contribution in [2.45, 2.75) is 26.8 Å². The summed E-state index contributed by atoms with van der Waals surface area (Å²) in [6.45, 7) is 5.60. The van der Waals surface area contributed by atoms with Crippen LogP contribution < -0.4 is 0 Å². The molecular formula is C10H19N3O2. The summed E-state index contributed by atoms with van der Waals surface area (Å²) in [5.74, 6) is 1.90. The molecule has 5 heteroatoms. The molecule has 0 bridgehead atoms. The Morgan fingerprint density at radius 1 is 1.47 bits per heavy atom. The van der Waals surface area contributed by atoms with Crippen molar-refractivity contribution in [1.29, 1.82) is 0 Å². The molecule has 5 nitrogen and oxygen atoms in total.